The molecule has 2 rings (SSSR count). The number of carbonyl (C=O) groups excluding carboxylic acids is 2. The molecule has 1 aliphatic carbocycles. The minimum Gasteiger partial charge on any atom is -0.355 e. The number of amides is 2. The lowest BCUT2D eigenvalue weighted by Gasteiger charge is -2.08. The molecule has 0 spiro atoms. The molecule has 1 aliphatic rings. The summed E-state index contributed by atoms with van der Waals surface area (Å²) in [5, 5.41) is 9.02. The highest BCUT2D eigenvalue weighted by Gasteiger charge is 2.29. The summed E-state index contributed by atoms with van der Waals surface area (Å²) in [6, 6.07) is 7.48. The first kappa shape index (κ1) is 16.5. The summed E-state index contributed by atoms with van der Waals surface area (Å²) < 4.78 is 0. The fraction of sp³-hybridized carbons (Fsp3) is 0.529. The van der Waals surface area contributed by atoms with Crippen molar-refractivity contribution in [2.24, 2.45) is 5.92 Å². The fourth-order valence-electron chi connectivity index (χ4n) is 2.14. The molecule has 1 aromatic carbocycles. The van der Waals surface area contributed by atoms with Crippen molar-refractivity contribution >= 4 is 17.5 Å². The average Bonchev–Trinajstić information content (AvgIpc) is 3.34. The molecule has 0 unspecified atom stereocenters. The van der Waals surface area contributed by atoms with Gasteiger partial charge in [0.2, 0.25) is 11.8 Å². The van der Waals surface area contributed by atoms with E-state index in [9.17, 15) is 9.59 Å². The predicted molar refractivity (Wildman–Crippen MR) is 87.7 cm³/mol. The smallest absolute Gasteiger partial charge is 0.227 e. The molecule has 5 heteroatoms. The Kier molecular flexibility index (Phi) is 6.40. The summed E-state index contributed by atoms with van der Waals surface area (Å²) in [4.78, 5) is 23.4. The van der Waals surface area contributed by atoms with Crippen molar-refractivity contribution in [2.45, 2.75) is 32.6 Å². The van der Waals surface area contributed by atoms with E-state index in [1.165, 1.54) is 0 Å². The van der Waals surface area contributed by atoms with Crippen LogP contribution in [0.15, 0.2) is 24.3 Å². The molecule has 0 heterocycles. The van der Waals surface area contributed by atoms with E-state index in [0.717, 1.165) is 43.6 Å². The number of rotatable bonds is 9. The minimum atomic E-state index is 0.0214. The number of hydrogen-bond acceptors (Lipinski definition) is 3. The van der Waals surface area contributed by atoms with Crippen molar-refractivity contribution in [3.8, 4) is 0 Å². The van der Waals surface area contributed by atoms with Crippen LogP contribution >= 0.6 is 0 Å². The Bertz CT molecular complexity index is 495. The number of anilines is 1. The van der Waals surface area contributed by atoms with Crippen LogP contribution < -0.4 is 16.0 Å². The molecular weight excluding hydrogens is 278 g/mol. The van der Waals surface area contributed by atoms with E-state index in [4.69, 9.17) is 0 Å². The van der Waals surface area contributed by atoms with Crippen LogP contribution in [-0.2, 0) is 16.0 Å². The highest BCUT2D eigenvalue weighted by molar-refractivity contribution is 5.94. The number of hydrogen-bond donors (Lipinski definition) is 3. The maximum absolute atomic E-state index is 11.8. The Morgan fingerprint density at radius 3 is 2.45 bits per heavy atom. The Morgan fingerprint density at radius 2 is 1.82 bits per heavy atom. The minimum absolute atomic E-state index is 0.0214. The van der Waals surface area contributed by atoms with Crippen LogP contribution in [0.1, 0.15) is 31.7 Å². The van der Waals surface area contributed by atoms with Gasteiger partial charge in [0.25, 0.3) is 0 Å². The molecule has 1 saturated carbocycles. The third kappa shape index (κ3) is 5.85. The number of carbonyl (C=O) groups is 2. The van der Waals surface area contributed by atoms with Gasteiger partial charge in [-0.2, -0.15) is 0 Å². The number of nitrogens with one attached hydrogen (secondary N) is 3. The van der Waals surface area contributed by atoms with Gasteiger partial charge in [-0.1, -0.05) is 19.1 Å². The molecular formula is C17H25N3O2. The summed E-state index contributed by atoms with van der Waals surface area (Å²) in [6.45, 7) is 4.53. The van der Waals surface area contributed by atoms with Gasteiger partial charge in [-0.3, -0.25) is 9.59 Å². The second-order valence-electron chi connectivity index (χ2n) is 5.74. The van der Waals surface area contributed by atoms with Gasteiger partial charge in [-0.25, -0.2) is 0 Å². The van der Waals surface area contributed by atoms with Crippen LogP contribution in [0.4, 0.5) is 5.69 Å². The van der Waals surface area contributed by atoms with E-state index < -0.39 is 0 Å². The van der Waals surface area contributed by atoms with Gasteiger partial charge in [0.05, 0.1) is 6.42 Å². The second kappa shape index (κ2) is 8.54. The molecule has 1 aromatic rings. The summed E-state index contributed by atoms with van der Waals surface area (Å²) in [6.07, 6.45) is 3.45. The van der Waals surface area contributed by atoms with E-state index in [-0.39, 0.29) is 17.7 Å². The molecule has 0 saturated heterocycles. The molecule has 0 radical (unpaired) electrons. The third-order valence-electron chi connectivity index (χ3n) is 3.59. The van der Waals surface area contributed by atoms with Gasteiger partial charge < -0.3 is 16.0 Å². The lowest BCUT2D eigenvalue weighted by Crippen LogP contribution is -2.32. The molecule has 0 aromatic heterocycles. The first-order valence-corrected chi connectivity index (χ1v) is 8.06. The Balaban J connectivity index is 1.68. The van der Waals surface area contributed by atoms with E-state index in [0.29, 0.717) is 13.0 Å². The molecule has 0 bridgehead atoms. The van der Waals surface area contributed by atoms with Crippen LogP contribution in [0, 0.1) is 5.92 Å². The van der Waals surface area contributed by atoms with Gasteiger partial charge >= 0.3 is 0 Å². The van der Waals surface area contributed by atoms with Crippen molar-refractivity contribution in [1.29, 1.82) is 0 Å². The zero-order chi connectivity index (χ0) is 15.8. The molecule has 5 nitrogen and oxygen atoms in total. The summed E-state index contributed by atoms with van der Waals surface area (Å²) in [5.74, 6) is 0.324. The van der Waals surface area contributed by atoms with E-state index in [1.54, 1.807) is 0 Å². The van der Waals surface area contributed by atoms with Gasteiger partial charge in [0.15, 0.2) is 0 Å². The largest absolute Gasteiger partial charge is 0.355 e. The van der Waals surface area contributed by atoms with Gasteiger partial charge in [-0.15, -0.1) is 0 Å². The van der Waals surface area contributed by atoms with Crippen LogP contribution in [0.2, 0.25) is 0 Å². The van der Waals surface area contributed by atoms with Gasteiger partial charge in [0.1, 0.15) is 0 Å². The Hall–Kier alpha value is -1.88. The predicted octanol–water partition coefficient (Wildman–Crippen LogP) is 1.69. The first-order valence-electron chi connectivity index (χ1n) is 8.06. The highest BCUT2D eigenvalue weighted by Crippen LogP contribution is 2.30. The van der Waals surface area contributed by atoms with E-state index in [2.05, 4.69) is 22.9 Å². The zero-order valence-electron chi connectivity index (χ0n) is 13.2. The Labute approximate surface area is 131 Å². The summed E-state index contributed by atoms with van der Waals surface area (Å²) in [5.41, 5.74) is 1.74. The number of benzene rings is 1. The monoisotopic (exact) mass is 303 g/mol. The molecule has 3 N–H and O–H groups in total. The van der Waals surface area contributed by atoms with Crippen LogP contribution in [0.25, 0.3) is 0 Å². The van der Waals surface area contributed by atoms with Crippen LogP contribution in [0.5, 0.6) is 0 Å². The summed E-state index contributed by atoms with van der Waals surface area (Å²) in [7, 11) is 0. The molecule has 1 fully saturated rings. The van der Waals surface area contributed by atoms with Crippen molar-refractivity contribution in [1.82, 2.24) is 10.6 Å². The molecule has 0 atom stereocenters. The maximum atomic E-state index is 11.8. The highest BCUT2D eigenvalue weighted by atomic mass is 16.2. The topological polar surface area (TPSA) is 70.2 Å². The molecule has 120 valence electrons. The van der Waals surface area contributed by atoms with Crippen molar-refractivity contribution < 1.29 is 9.59 Å². The van der Waals surface area contributed by atoms with Crippen molar-refractivity contribution in [3.05, 3.63) is 29.8 Å². The second-order valence-corrected chi connectivity index (χ2v) is 5.74. The first-order chi connectivity index (χ1) is 10.7. The Morgan fingerprint density at radius 1 is 1.09 bits per heavy atom. The van der Waals surface area contributed by atoms with E-state index in [1.807, 2.05) is 24.3 Å². The quantitative estimate of drug-likeness (QED) is 0.608. The summed E-state index contributed by atoms with van der Waals surface area (Å²) >= 11 is 0. The maximum Gasteiger partial charge on any atom is 0.227 e. The third-order valence-corrected chi connectivity index (χ3v) is 3.59. The van der Waals surface area contributed by atoms with E-state index >= 15 is 0 Å². The fourth-order valence-corrected chi connectivity index (χ4v) is 2.14. The molecule has 2 amide bonds. The molecule has 0 aliphatic heterocycles. The van der Waals surface area contributed by atoms with Gasteiger partial charge in [0, 0.05) is 24.7 Å². The van der Waals surface area contributed by atoms with Gasteiger partial charge in [-0.05, 0) is 43.5 Å². The van der Waals surface area contributed by atoms with Crippen molar-refractivity contribution in [2.75, 3.05) is 25.0 Å². The van der Waals surface area contributed by atoms with Crippen molar-refractivity contribution in [3.63, 3.8) is 0 Å². The lowest BCUT2D eigenvalue weighted by atomic mass is 10.1. The lowest BCUT2D eigenvalue weighted by molar-refractivity contribution is -0.120. The normalized spacial score (nSPS) is 13.7. The van der Waals surface area contributed by atoms with Crippen LogP contribution in [-0.4, -0.2) is 31.4 Å². The zero-order valence-corrected chi connectivity index (χ0v) is 13.2. The molecule has 22 heavy (non-hydrogen) atoms. The van der Waals surface area contributed by atoms with Crippen LogP contribution in [0.3, 0.4) is 0 Å². The average molecular weight is 303 g/mol. The SMILES string of the molecule is CCCNCCNC(=O)Cc1ccc(NC(=O)C2CC2)cc1. The standard InChI is InChI=1S/C17H25N3O2/c1-2-9-18-10-11-19-16(21)12-13-3-7-15(8-4-13)20-17(22)14-5-6-14/h3-4,7-8,14,18H,2,5-6,9-12H2,1H3,(H,19,21)(H,20,22).